The van der Waals surface area contributed by atoms with Crippen LogP contribution in [0.2, 0.25) is 0 Å². The maximum absolute atomic E-state index is 12.7. The fraction of sp³-hybridized carbons (Fsp3) is 0.455. The topological polar surface area (TPSA) is 63.7 Å². The Morgan fingerprint density at radius 1 is 1.11 bits per heavy atom. The molecule has 0 bridgehead atoms. The van der Waals surface area contributed by atoms with Crippen molar-refractivity contribution in [2.75, 3.05) is 25.5 Å². The van der Waals surface area contributed by atoms with Crippen LogP contribution in [0.3, 0.4) is 0 Å². The molecule has 1 amide bonds. The van der Waals surface area contributed by atoms with Gasteiger partial charge < -0.3 is 14.8 Å². The summed E-state index contributed by atoms with van der Waals surface area (Å²) in [5, 5.41) is 3.02. The zero-order chi connectivity index (χ0) is 19.8. The maximum atomic E-state index is 12.7. The number of likely N-dealkylation sites (tertiary alicyclic amines) is 1. The summed E-state index contributed by atoms with van der Waals surface area (Å²) in [4.78, 5) is 19.0. The van der Waals surface area contributed by atoms with Crippen LogP contribution in [-0.4, -0.2) is 42.0 Å². The molecule has 1 N–H and O–H groups in total. The number of ether oxygens (including phenoxy) is 2. The van der Waals surface area contributed by atoms with Crippen LogP contribution in [0.15, 0.2) is 42.7 Å². The Kier molecular flexibility index (Phi) is 7.25. The monoisotopic (exact) mass is 383 g/mol. The number of pyridine rings is 1. The highest BCUT2D eigenvalue weighted by molar-refractivity contribution is 5.94. The van der Waals surface area contributed by atoms with Crippen molar-refractivity contribution in [1.82, 2.24) is 9.88 Å². The summed E-state index contributed by atoms with van der Waals surface area (Å²) in [5.74, 6) is 1.24. The molecule has 1 aliphatic rings. The minimum Gasteiger partial charge on any atom is -0.493 e. The molecule has 1 aromatic heterocycles. The van der Waals surface area contributed by atoms with E-state index < -0.39 is 0 Å². The third kappa shape index (κ3) is 5.45. The lowest BCUT2D eigenvalue weighted by atomic mass is 10.2. The first kappa shape index (κ1) is 20.1. The summed E-state index contributed by atoms with van der Waals surface area (Å²) in [6, 6.07) is 9.12. The fourth-order valence-electron chi connectivity index (χ4n) is 3.40. The Bertz CT molecular complexity index is 759. The van der Waals surface area contributed by atoms with Crippen molar-refractivity contribution in [1.29, 1.82) is 0 Å². The number of methoxy groups -OCH3 is 1. The molecule has 3 rings (SSSR count). The number of hydrogen-bond acceptors (Lipinski definition) is 5. The largest absolute Gasteiger partial charge is 0.493 e. The Morgan fingerprint density at radius 3 is 2.50 bits per heavy atom. The molecule has 1 atom stereocenters. The van der Waals surface area contributed by atoms with Gasteiger partial charge >= 0.3 is 0 Å². The molecule has 6 heteroatoms. The number of carbonyl (C=O) groups is 1. The van der Waals surface area contributed by atoms with Crippen molar-refractivity contribution < 1.29 is 14.3 Å². The Morgan fingerprint density at radius 2 is 1.82 bits per heavy atom. The molecule has 1 aromatic carbocycles. The van der Waals surface area contributed by atoms with E-state index in [1.54, 1.807) is 19.5 Å². The summed E-state index contributed by atoms with van der Waals surface area (Å²) in [7, 11) is 1.61. The molecular formula is C22H29N3O3. The lowest BCUT2D eigenvalue weighted by molar-refractivity contribution is -0.120. The summed E-state index contributed by atoms with van der Waals surface area (Å²) < 4.78 is 11.3. The van der Waals surface area contributed by atoms with E-state index in [4.69, 9.17) is 9.47 Å². The third-order valence-corrected chi connectivity index (χ3v) is 5.14. The lowest BCUT2D eigenvalue weighted by Crippen LogP contribution is -2.42. The van der Waals surface area contributed by atoms with Gasteiger partial charge in [0.15, 0.2) is 11.5 Å². The van der Waals surface area contributed by atoms with Crippen molar-refractivity contribution >= 4 is 11.6 Å². The van der Waals surface area contributed by atoms with Gasteiger partial charge in [-0.1, -0.05) is 12.8 Å². The van der Waals surface area contributed by atoms with Crippen molar-refractivity contribution in [2.24, 2.45) is 0 Å². The molecular weight excluding hydrogens is 354 g/mol. The van der Waals surface area contributed by atoms with E-state index in [9.17, 15) is 4.79 Å². The summed E-state index contributed by atoms with van der Waals surface area (Å²) >= 11 is 0. The number of anilines is 1. The molecule has 0 aliphatic carbocycles. The maximum Gasteiger partial charge on any atom is 0.241 e. The average molecular weight is 383 g/mol. The molecule has 0 spiro atoms. The predicted octanol–water partition coefficient (Wildman–Crippen LogP) is 3.87. The molecule has 1 aliphatic heterocycles. The molecule has 2 heterocycles. The smallest absolute Gasteiger partial charge is 0.241 e. The van der Waals surface area contributed by atoms with Crippen LogP contribution in [0.1, 0.15) is 38.2 Å². The number of benzene rings is 1. The van der Waals surface area contributed by atoms with Crippen LogP contribution in [0.25, 0.3) is 0 Å². The number of nitrogens with one attached hydrogen (secondary N) is 1. The Labute approximate surface area is 166 Å². The van der Waals surface area contributed by atoms with Crippen LogP contribution in [0.5, 0.6) is 11.5 Å². The first-order valence-corrected chi connectivity index (χ1v) is 9.92. The fourth-order valence-corrected chi connectivity index (χ4v) is 3.40. The van der Waals surface area contributed by atoms with Gasteiger partial charge in [-0.15, -0.1) is 0 Å². The van der Waals surface area contributed by atoms with Crippen LogP contribution in [-0.2, 0) is 11.4 Å². The number of nitrogens with zero attached hydrogens (tertiary/aromatic N) is 2. The van der Waals surface area contributed by atoms with Gasteiger partial charge in [0.1, 0.15) is 6.61 Å². The molecule has 0 saturated carbocycles. The molecule has 28 heavy (non-hydrogen) atoms. The van der Waals surface area contributed by atoms with Gasteiger partial charge in [0.2, 0.25) is 5.91 Å². The van der Waals surface area contributed by atoms with Crippen molar-refractivity contribution in [3.63, 3.8) is 0 Å². The summed E-state index contributed by atoms with van der Waals surface area (Å²) in [6.07, 6.45) is 8.29. The molecule has 1 unspecified atom stereocenters. The number of carbonyl (C=O) groups excluding carboxylic acids is 1. The Balaban J connectivity index is 1.65. The van der Waals surface area contributed by atoms with E-state index in [1.165, 1.54) is 12.8 Å². The number of aromatic nitrogens is 1. The highest BCUT2D eigenvalue weighted by atomic mass is 16.5. The summed E-state index contributed by atoms with van der Waals surface area (Å²) in [6.45, 7) is 4.35. The number of hydrogen-bond donors (Lipinski definition) is 1. The predicted molar refractivity (Wildman–Crippen MR) is 110 cm³/mol. The molecule has 2 aromatic rings. The van der Waals surface area contributed by atoms with Gasteiger partial charge in [0.05, 0.1) is 13.2 Å². The first-order valence-electron chi connectivity index (χ1n) is 9.92. The minimum absolute atomic E-state index is 0.00662. The van der Waals surface area contributed by atoms with Crippen molar-refractivity contribution in [3.05, 3.63) is 48.3 Å². The Hall–Kier alpha value is -2.60. The van der Waals surface area contributed by atoms with Gasteiger partial charge in [-0.05, 0) is 62.7 Å². The van der Waals surface area contributed by atoms with Gasteiger partial charge in [-0.2, -0.15) is 0 Å². The second-order valence-corrected chi connectivity index (χ2v) is 7.13. The van der Waals surface area contributed by atoms with E-state index in [1.807, 2.05) is 37.3 Å². The number of rotatable bonds is 7. The van der Waals surface area contributed by atoms with E-state index in [2.05, 4.69) is 15.2 Å². The van der Waals surface area contributed by atoms with Gasteiger partial charge in [-0.3, -0.25) is 14.7 Å². The van der Waals surface area contributed by atoms with E-state index in [-0.39, 0.29) is 11.9 Å². The zero-order valence-electron chi connectivity index (χ0n) is 16.7. The lowest BCUT2D eigenvalue weighted by Gasteiger charge is -2.26. The molecule has 1 saturated heterocycles. The van der Waals surface area contributed by atoms with Crippen molar-refractivity contribution in [3.8, 4) is 11.5 Å². The SMILES string of the molecule is COc1ccc(NC(=O)C(C)N2CCCCCC2)cc1OCc1ccncc1. The minimum atomic E-state index is -0.151. The van der Waals surface area contributed by atoms with E-state index in [0.717, 1.165) is 31.5 Å². The van der Waals surface area contributed by atoms with Gasteiger partial charge in [0.25, 0.3) is 0 Å². The van der Waals surface area contributed by atoms with Crippen LogP contribution >= 0.6 is 0 Å². The standard InChI is InChI=1S/C22H29N3O3/c1-17(25-13-5-3-4-6-14-25)22(26)24-19-7-8-20(27-2)21(15-19)28-16-18-9-11-23-12-10-18/h7-12,15,17H,3-6,13-14,16H2,1-2H3,(H,24,26). The van der Waals surface area contributed by atoms with Gasteiger partial charge in [0, 0.05) is 24.1 Å². The molecule has 6 nitrogen and oxygen atoms in total. The second-order valence-electron chi connectivity index (χ2n) is 7.13. The van der Waals surface area contributed by atoms with E-state index in [0.29, 0.717) is 23.8 Å². The van der Waals surface area contributed by atoms with Gasteiger partial charge in [-0.25, -0.2) is 0 Å². The average Bonchev–Trinajstić information content (AvgIpc) is 3.02. The quantitative estimate of drug-likeness (QED) is 0.786. The zero-order valence-corrected chi connectivity index (χ0v) is 16.7. The highest BCUT2D eigenvalue weighted by Crippen LogP contribution is 2.31. The van der Waals surface area contributed by atoms with Crippen LogP contribution < -0.4 is 14.8 Å². The van der Waals surface area contributed by atoms with Crippen LogP contribution in [0, 0.1) is 0 Å². The second kappa shape index (κ2) is 10.1. The highest BCUT2D eigenvalue weighted by Gasteiger charge is 2.22. The van der Waals surface area contributed by atoms with Crippen molar-refractivity contribution in [2.45, 2.75) is 45.3 Å². The first-order chi connectivity index (χ1) is 13.7. The summed E-state index contributed by atoms with van der Waals surface area (Å²) in [5.41, 5.74) is 1.72. The molecule has 0 radical (unpaired) electrons. The molecule has 1 fully saturated rings. The molecule has 150 valence electrons. The van der Waals surface area contributed by atoms with Crippen LogP contribution in [0.4, 0.5) is 5.69 Å². The normalized spacial score (nSPS) is 16.1. The third-order valence-electron chi connectivity index (χ3n) is 5.14. The number of amides is 1. The van der Waals surface area contributed by atoms with E-state index >= 15 is 0 Å².